The van der Waals surface area contributed by atoms with Crippen molar-refractivity contribution in [1.82, 2.24) is 5.32 Å². The van der Waals surface area contributed by atoms with Gasteiger partial charge in [-0.15, -0.1) is 0 Å². The third-order valence-electron chi connectivity index (χ3n) is 1.82. The SMILES string of the molecule is C=C(C#N)CNC(C)(C)CC. The van der Waals surface area contributed by atoms with Gasteiger partial charge in [0.1, 0.15) is 0 Å². The van der Waals surface area contributed by atoms with Gasteiger partial charge in [-0.05, 0) is 20.3 Å². The second kappa shape index (κ2) is 4.15. The molecule has 0 saturated heterocycles. The quantitative estimate of drug-likeness (QED) is 0.624. The Labute approximate surface area is 68.9 Å². The van der Waals surface area contributed by atoms with Gasteiger partial charge in [0.2, 0.25) is 0 Å². The van der Waals surface area contributed by atoms with Gasteiger partial charge in [0.05, 0.1) is 6.07 Å². The van der Waals surface area contributed by atoms with Crippen molar-refractivity contribution in [2.75, 3.05) is 6.54 Å². The van der Waals surface area contributed by atoms with Crippen molar-refractivity contribution in [2.45, 2.75) is 32.7 Å². The van der Waals surface area contributed by atoms with Crippen molar-refractivity contribution in [2.24, 2.45) is 0 Å². The second-order valence-corrected chi connectivity index (χ2v) is 3.31. The normalized spacial score (nSPS) is 10.7. The summed E-state index contributed by atoms with van der Waals surface area (Å²) >= 11 is 0. The molecule has 0 spiro atoms. The molecule has 0 aromatic rings. The number of nitriles is 1. The largest absolute Gasteiger partial charge is 0.307 e. The van der Waals surface area contributed by atoms with E-state index in [1.54, 1.807) is 0 Å². The van der Waals surface area contributed by atoms with Crippen molar-refractivity contribution >= 4 is 0 Å². The van der Waals surface area contributed by atoms with Crippen LogP contribution in [-0.2, 0) is 0 Å². The highest BCUT2D eigenvalue weighted by molar-refractivity contribution is 5.17. The summed E-state index contributed by atoms with van der Waals surface area (Å²) in [4.78, 5) is 0. The molecule has 0 bridgehead atoms. The first-order chi connectivity index (χ1) is 5.02. The van der Waals surface area contributed by atoms with E-state index < -0.39 is 0 Å². The number of nitrogens with one attached hydrogen (secondary N) is 1. The van der Waals surface area contributed by atoms with Crippen LogP contribution in [0, 0.1) is 11.3 Å². The highest BCUT2D eigenvalue weighted by atomic mass is 14.9. The van der Waals surface area contributed by atoms with Gasteiger partial charge in [-0.1, -0.05) is 13.5 Å². The zero-order chi connectivity index (χ0) is 8.91. The smallest absolute Gasteiger partial charge is 0.0954 e. The molecular weight excluding hydrogens is 136 g/mol. The highest BCUT2D eigenvalue weighted by Crippen LogP contribution is 2.06. The molecule has 1 N–H and O–H groups in total. The minimum atomic E-state index is 0.111. The topological polar surface area (TPSA) is 35.8 Å². The van der Waals surface area contributed by atoms with Crippen LogP contribution in [0.15, 0.2) is 12.2 Å². The van der Waals surface area contributed by atoms with Crippen LogP contribution in [0.25, 0.3) is 0 Å². The fraction of sp³-hybridized carbons (Fsp3) is 0.667. The van der Waals surface area contributed by atoms with E-state index in [0.717, 1.165) is 6.42 Å². The first kappa shape index (κ1) is 10.2. The fourth-order valence-corrected chi connectivity index (χ4v) is 0.510. The van der Waals surface area contributed by atoms with E-state index in [4.69, 9.17) is 5.26 Å². The lowest BCUT2D eigenvalue weighted by Gasteiger charge is -2.23. The van der Waals surface area contributed by atoms with Crippen molar-refractivity contribution in [3.63, 3.8) is 0 Å². The summed E-state index contributed by atoms with van der Waals surface area (Å²) in [6, 6.07) is 2.00. The molecule has 0 aliphatic carbocycles. The molecule has 11 heavy (non-hydrogen) atoms. The Balaban J connectivity index is 3.72. The van der Waals surface area contributed by atoms with Gasteiger partial charge in [-0.25, -0.2) is 0 Å². The molecule has 0 aliphatic rings. The van der Waals surface area contributed by atoms with E-state index in [0.29, 0.717) is 12.1 Å². The molecule has 0 rings (SSSR count). The van der Waals surface area contributed by atoms with E-state index in [2.05, 4.69) is 32.7 Å². The van der Waals surface area contributed by atoms with E-state index >= 15 is 0 Å². The summed E-state index contributed by atoms with van der Waals surface area (Å²) in [5.74, 6) is 0. The molecule has 62 valence electrons. The van der Waals surface area contributed by atoms with Gasteiger partial charge in [-0.2, -0.15) is 5.26 Å². The Morgan fingerprint density at radius 2 is 2.18 bits per heavy atom. The zero-order valence-corrected chi connectivity index (χ0v) is 7.57. The zero-order valence-electron chi connectivity index (χ0n) is 7.57. The second-order valence-electron chi connectivity index (χ2n) is 3.31. The minimum absolute atomic E-state index is 0.111. The van der Waals surface area contributed by atoms with Crippen LogP contribution in [0.5, 0.6) is 0 Å². The molecule has 2 heteroatoms. The summed E-state index contributed by atoms with van der Waals surface area (Å²) in [6.07, 6.45) is 1.05. The van der Waals surface area contributed by atoms with Crippen LogP contribution in [0.4, 0.5) is 0 Å². The fourth-order valence-electron chi connectivity index (χ4n) is 0.510. The average molecular weight is 152 g/mol. The van der Waals surface area contributed by atoms with Crippen LogP contribution in [0.2, 0.25) is 0 Å². The van der Waals surface area contributed by atoms with Crippen LogP contribution in [-0.4, -0.2) is 12.1 Å². The monoisotopic (exact) mass is 152 g/mol. The lowest BCUT2D eigenvalue weighted by Crippen LogP contribution is -2.39. The molecule has 0 radical (unpaired) electrons. The molecule has 2 nitrogen and oxygen atoms in total. The molecule has 0 aromatic heterocycles. The maximum absolute atomic E-state index is 8.41. The summed E-state index contributed by atoms with van der Waals surface area (Å²) < 4.78 is 0. The van der Waals surface area contributed by atoms with Gasteiger partial charge in [-0.3, -0.25) is 0 Å². The Kier molecular flexibility index (Phi) is 3.84. The number of rotatable bonds is 4. The first-order valence-corrected chi connectivity index (χ1v) is 3.84. The molecule has 0 fully saturated rings. The van der Waals surface area contributed by atoms with Gasteiger partial charge < -0.3 is 5.32 Å². The maximum Gasteiger partial charge on any atom is 0.0954 e. The Morgan fingerprint density at radius 3 is 2.55 bits per heavy atom. The predicted molar refractivity (Wildman–Crippen MR) is 47.1 cm³/mol. The summed E-state index contributed by atoms with van der Waals surface area (Å²) in [5.41, 5.74) is 0.700. The lowest BCUT2D eigenvalue weighted by molar-refractivity contribution is 0.393. The van der Waals surface area contributed by atoms with Crippen molar-refractivity contribution in [3.05, 3.63) is 12.2 Å². The number of hydrogen-bond donors (Lipinski definition) is 1. The van der Waals surface area contributed by atoms with Gasteiger partial charge >= 0.3 is 0 Å². The van der Waals surface area contributed by atoms with Crippen LogP contribution in [0.3, 0.4) is 0 Å². The van der Waals surface area contributed by atoms with Gasteiger partial charge in [0, 0.05) is 17.7 Å². The van der Waals surface area contributed by atoms with Crippen LogP contribution < -0.4 is 5.32 Å². The first-order valence-electron chi connectivity index (χ1n) is 3.84. The number of nitrogens with zero attached hydrogens (tertiary/aromatic N) is 1. The molecule has 0 aliphatic heterocycles. The Bertz CT molecular complexity index is 174. The minimum Gasteiger partial charge on any atom is -0.307 e. The van der Waals surface area contributed by atoms with Crippen LogP contribution in [0.1, 0.15) is 27.2 Å². The van der Waals surface area contributed by atoms with E-state index in [-0.39, 0.29) is 5.54 Å². The molecule has 0 saturated carbocycles. The summed E-state index contributed by atoms with van der Waals surface area (Å²) in [5, 5.41) is 11.7. The maximum atomic E-state index is 8.41. The molecule has 0 amide bonds. The van der Waals surface area contributed by atoms with Crippen LogP contribution >= 0.6 is 0 Å². The van der Waals surface area contributed by atoms with E-state index in [1.807, 2.05) is 6.07 Å². The van der Waals surface area contributed by atoms with Crippen molar-refractivity contribution < 1.29 is 0 Å². The third-order valence-corrected chi connectivity index (χ3v) is 1.82. The van der Waals surface area contributed by atoms with Crippen molar-refractivity contribution in [1.29, 1.82) is 5.26 Å². The molecular formula is C9H16N2. The molecule has 0 aromatic carbocycles. The highest BCUT2D eigenvalue weighted by Gasteiger charge is 2.12. The number of hydrogen-bond acceptors (Lipinski definition) is 2. The Morgan fingerprint density at radius 1 is 1.64 bits per heavy atom. The molecule has 0 heterocycles. The summed E-state index contributed by atoms with van der Waals surface area (Å²) in [6.45, 7) is 10.5. The Hall–Kier alpha value is -0.810. The van der Waals surface area contributed by atoms with Gasteiger partial charge in [0.25, 0.3) is 0 Å². The van der Waals surface area contributed by atoms with E-state index in [9.17, 15) is 0 Å². The third kappa shape index (κ3) is 4.58. The average Bonchev–Trinajstić information content (AvgIpc) is 2.00. The standard InChI is InChI=1S/C9H16N2/c1-5-9(3,4)11-7-8(2)6-10/h11H,2,5,7H2,1,3-4H3. The van der Waals surface area contributed by atoms with Gasteiger partial charge in [0.15, 0.2) is 0 Å². The molecule has 0 atom stereocenters. The molecule has 0 unspecified atom stereocenters. The lowest BCUT2D eigenvalue weighted by atomic mass is 10.0. The van der Waals surface area contributed by atoms with Crippen molar-refractivity contribution in [3.8, 4) is 6.07 Å². The predicted octanol–water partition coefficient (Wildman–Crippen LogP) is 1.84. The summed E-state index contributed by atoms with van der Waals surface area (Å²) in [7, 11) is 0. The van der Waals surface area contributed by atoms with E-state index in [1.165, 1.54) is 0 Å².